The van der Waals surface area contributed by atoms with Crippen molar-refractivity contribution in [2.24, 2.45) is 0 Å². The fourth-order valence-electron chi connectivity index (χ4n) is 3.61. The van der Waals surface area contributed by atoms with Crippen molar-refractivity contribution in [3.63, 3.8) is 0 Å². The molecule has 1 N–H and O–H groups in total. The zero-order valence-electron chi connectivity index (χ0n) is 14.8. The molecule has 0 bridgehead atoms. The van der Waals surface area contributed by atoms with Gasteiger partial charge in [-0.2, -0.15) is 0 Å². The molecule has 7 heteroatoms. The monoisotopic (exact) mass is 371 g/mol. The molecule has 1 atom stereocenters. The van der Waals surface area contributed by atoms with Gasteiger partial charge >= 0.3 is 0 Å². The number of rotatable bonds is 4. The second kappa shape index (κ2) is 6.98. The van der Waals surface area contributed by atoms with Crippen molar-refractivity contribution in [3.05, 3.63) is 59.7 Å². The Morgan fingerprint density at radius 3 is 3.00 bits per heavy atom. The maximum Gasteiger partial charge on any atom is 0.243 e. The number of anilines is 1. The molecule has 1 fully saturated rings. The third kappa shape index (κ3) is 3.25. The van der Waals surface area contributed by atoms with Gasteiger partial charge in [-0.3, -0.25) is 4.79 Å². The molecule has 3 heterocycles. The number of nitrogens with zero attached hydrogens (tertiary/aromatic N) is 2. The summed E-state index contributed by atoms with van der Waals surface area (Å²) in [6, 6.07) is 7.62. The second-order valence-electron chi connectivity index (χ2n) is 6.69. The van der Waals surface area contributed by atoms with Crippen LogP contribution in [0.5, 0.6) is 0 Å². The Kier molecular flexibility index (Phi) is 4.51. The number of carbonyl (C=O) groups excluding carboxylic acids is 1. The zero-order chi connectivity index (χ0) is 19.0. The molecule has 1 saturated heterocycles. The first-order chi connectivity index (χ1) is 13.0. The maximum atomic E-state index is 14.2. The van der Waals surface area contributed by atoms with Gasteiger partial charge in [0.1, 0.15) is 17.3 Å². The van der Waals surface area contributed by atoms with E-state index in [0.717, 1.165) is 12.5 Å². The minimum Gasteiger partial charge on any atom is -0.467 e. The van der Waals surface area contributed by atoms with Crippen LogP contribution in [0.4, 0.5) is 14.5 Å². The van der Waals surface area contributed by atoms with Crippen molar-refractivity contribution < 1.29 is 18.0 Å². The maximum absolute atomic E-state index is 14.2. The lowest BCUT2D eigenvalue weighted by Crippen LogP contribution is -2.43. The molecule has 1 amide bonds. The number of halogens is 2. The quantitative estimate of drug-likeness (QED) is 0.760. The number of amides is 1. The molecule has 5 nitrogen and oxygen atoms in total. The zero-order valence-corrected chi connectivity index (χ0v) is 14.8. The van der Waals surface area contributed by atoms with E-state index in [0.29, 0.717) is 42.0 Å². The van der Waals surface area contributed by atoms with Gasteiger partial charge in [0.25, 0.3) is 0 Å². The minimum atomic E-state index is -0.963. The fourth-order valence-corrected chi connectivity index (χ4v) is 3.61. The summed E-state index contributed by atoms with van der Waals surface area (Å²) in [4.78, 5) is 18.8. The van der Waals surface area contributed by atoms with Gasteiger partial charge in [0, 0.05) is 23.3 Å². The molecule has 2 aromatic heterocycles. The number of carbonyl (C=O) groups is 1. The van der Waals surface area contributed by atoms with Crippen LogP contribution >= 0.6 is 0 Å². The van der Waals surface area contributed by atoms with Crippen LogP contribution in [0.3, 0.4) is 0 Å². The number of hydrogen-bond donors (Lipinski definition) is 1. The van der Waals surface area contributed by atoms with Crippen molar-refractivity contribution >= 4 is 22.5 Å². The van der Waals surface area contributed by atoms with E-state index in [4.69, 9.17) is 4.42 Å². The Balaban J connectivity index is 1.65. The van der Waals surface area contributed by atoms with Gasteiger partial charge in [0.15, 0.2) is 11.6 Å². The molecular formula is C20H19F2N3O2. The predicted molar refractivity (Wildman–Crippen MR) is 97.3 cm³/mol. The normalized spacial score (nSPS) is 16.9. The lowest BCUT2D eigenvalue weighted by Gasteiger charge is -2.27. The minimum absolute atomic E-state index is 0.00774. The Labute approximate surface area is 155 Å². The summed E-state index contributed by atoms with van der Waals surface area (Å²) in [6.45, 7) is 2.71. The molecule has 1 aliphatic heterocycles. The summed E-state index contributed by atoms with van der Waals surface area (Å²) in [6.07, 6.45) is 3.09. The van der Waals surface area contributed by atoms with E-state index in [1.165, 1.54) is 6.07 Å². The third-order valence-electron chi connectivity index (χ3n) is 4.86. The van der Waals surface area contributed by atoms with E-state index in [-0.39, 0.29) is 17.5 Å². The number of fused-ring (bicyclic) bond motifs is 1. The molecule has 1 aliphatic rings. The molecule has 1 unspecified atom stereocenters. The van der Waals surface area contributed by atoms with Crippen LogP contribution in [0, 0.1) is 18.6 Å². The van der Waals surface area contributed by atoms with Crippen molar-refractivity contribution in [2.45, 2.75) is 32.4 Å². The first-order valence-electron chi connectivity index (χ1n) is 8.86. The highest BCUT2D eigenvalue weighted by molar-refractivity contribution is 5.95. The lowest BCUT2D eigenvalue weighted by molar-refractivity contribution is -0.122. The Morgan fingerprint density at radius 1 is 1.37 bits per heavy atom. The molecule has 0 saturated carbocycles. The van der Waals surface area contributed by atoms with Gasteiger partial charge in [0.05, 0.1) is 12.8 Å². The Morgan fingerprint density at radius 2 is 2.22 bits per heavy atom. The molecule has 1 aromatic carbocycles. The highest BCUT2D eigenvalue weighted by Gasteiger charge is 2.32. The molecule has 3 aromatic rings. The van der Waals surface area contributed by atoms with Crippen molar-refractivity contribution in [2.75, 3.05) is 11.4 Å². The number of benzene rings is 1. The van der Waals surface area contributed by atoms with Crippen LogP contribution in [0.2, 0.25) is 0 Å². The summed E-state index contributed by atoms with van der Waals surface area (Å²) < 4.78 is 33.1. The van der Waals surface area contributed by atoms with E-state index >= 15 is 0 Å². The van der Waals surface area contributed by atoms with E-state index < -0.39 is 11.6 Å². The SMILES string of the molecule is Cc1cc(N2CCCC2C(=O)NCc2ccco2)c2ccc(F)c(F)c2n1. The fraction of sp³-hybridized carbons (Fsp3) is 0.300. The molecule has 0 spiro atoms. The first-order valence-corrected chi connectivity index (χ1v) is 8.86. The number of aryl methyl sites for hydroxylation is 1. The number of hydrogen-bond acceptors (Lipinski definition) is 4. The van der Waals surface area contributed by atoms with Crippen molar-refractivity contribution in [1.29, 1.82) is 0 Å². The average molecular weight is 371 g/mol. The first kappa shape index (κ1) is 17.5. The smallest absolute Gasteiger partial charge is 0.243 e. The van der Waals surface area contributed by atoms with Crippen molar-refractivity contribution in [1.82, 2.24) is 10.3 Å². The molecule has 140 valence electrons. The van der Waals surface area contributed by atoms with Crippen LogP contribution in [-0.4, -0.2) is 23.5 Å². The van der Waals surface area contributed by atoms with E-state index in [1.54, 1.807) is 25.3 Å². The predicted octanol–water partition coefficient (Wildman–Crippen LogP) is 3.70. The molecule has 0 aliphatic carbocycles. The standard InChI is InChI=1S/C20H19F2N3O2/c1-12-10-17(14-6-7-15(21)18(22)19(14)24-12)25-8-2-5-16(25)20(26)23-11-13-4-3-9-27-13/h3-4,6-7,9-10,16H,2,5,8,11H2,1H3,(H,23,26). The summed E-state index contributed by atoms with van der Waals surface area (Å²) in [5.74, 6) is -1.33. The van der Waals surface area contributed by atoms with E-state index in [9.17, 15) is 13.6 Å². The van der Waals surface area contributed by atoms with Crippen LogP contribution in [0.15, 0.2) is 41.0 Å². The van der Waals surface area contributed by atoms with Gasteiger partial charge in [-0.1, -0.05) is 0 Å². The van der Waals surface area contributed by atoms with Gasteiger partial charge in [-0.25, -0.2) is 13.8 Å². The largest absolute Gasteiger partial charge is 0.467 e. The molecule has 4 rings (SSSR count). The highest BCUT2D eigenvalue weighted by Crippen LogP contribution is 2.34. The Hall–Kier alpha value is -2.96. The van der Waals surface area contributed by atoms with Crippen LogP contribution in [0.1, 0.15) is 24.3 Å². The van der Waals surface area contributed by atoms with E-state index in [2.05, 4.69) is 10.3 Å². The second-order valence-corrected chi connectivity index (χ2v) is 6.69. The van der Waals surface area contributed by atoms with Gasteiger partial charge in [0.2, 0.25) is 5.91 Å². The van der Waals surface area contributed by atoms with Crippen molar-refractivity contribution in [3.8, 4) is 0 Å². The van der Waals surface area contributed by atoms with Gasteiger partial charge in [-0.05, 0) is 50.1 Å². The number of furan rings is 1. The summed E-state index contributed by atoms with van der Waals surface area (Å²) >= 11 is 0. The number of aromatic nitrogens is 1. The van der Waals surface area contributed by atoms with E-state index in [1.807, 2.05) is 11.0 Å². The topological polar surface area (TPSA) is 58.4 Å². The highest BCUT2D eigenvalue weighted by atomic mass is 19.2. The lowest BCUT2D eigenvalue weighted by atomic mass is 10.1. The summed E-state index contributed by atoms with van der Waals surface area (Å²) in [5.41, 5.74) is 1.27. The molecule has 27 heavy (non-hydrogen) atoms. The molecular weight excluding hydrogens is 352 g/mol. The summed E-state index contributed by atoms with van der Waals surface area (Å²) in [5, 5.41) is 3.39. The number of pyridine rings is 1. The Bertz CT molecular complexity index is 989. The van der Waals surface area contributed by atoms with Gasteiger partial charge in [-0.15, -0.1) is 0 Å². The summed E-state index contributed by atoms with van der Waals surface area (Å²) in [7, 11) is 0. The van der Waals surface area contributed by atoms with Gasteiger partial charge < -0.3 is 14.6 Å². The number of nitrogens with one attached hydrogen (secondary N) is 1. The van der Waals surface area contributed by atoms with Crippen LogP contribution < -0.4 is 10.2 Å². The third-order valence-corrected chi connectivity index (χ3v) is 4.86. The molecule has 0 radical (unpaired) electrons. The average Bonchev–Trinajstić information content (AvgIpc) is 3.34. The van der Waals surface area contributed by atoms with Crippen LogP contribution in [0.25, 0.3) is 10.9 Å². The van der Waals surface area contributed by atoms with Crippen LogP contribution in [-0.2, 0) is 11.3 Å².